The van der Waals surface area contributed by atoms with E-state index in [9.17, 15) is 4.39 Å². The zero-order valence-corrected chi connectivity index (χ0v) is 11.5. The Bertz CT molecular complexity index is 915. The summed E-state index contributed by atoms with van der Waals surface area (Å²) in [6, 6.07) is 11.9. The SMILES string of the molecule is Fc1cccc(-c2nnc3sc(-c4ccccn4)nn23)c1. The van der Waals surface area contributed by atoms with Crippen LogP contribution in [0.2, 0.25) is 0 Å². The number of aromatic nitrogens is 5. The number of hydrogen-bond acceptors (Lipinski definition) is 5. The molecule has 0 aliphatic heterocycles. The third-order valence-corrected chi connectivity index (χ3v) is 3.88. The van der Waals surface area contributed by atoms with Gasteiger partial charge in [0.25, 0.3) is 0 Å². The van der Waals surface area contributed by atoms with Crippen LogP contribution >= 0.6 is 11.3 Å². The molecule has 21 heavy (non-hydrogen) atoms. The van der Waals surface area contributed by atoms with Gasteiger partial charge in [-0.3, -0.25) is 4.98 Å². The number of halogens is 1. The molecule has 3 aromatic heterocycles. The van der Waals surface area contributed by atoms with Gasteiger partial charge in [-0.25, -0.2) is 4.39 Å². The molecule has 0 aliphatic rings. The minimum absolute atomic E-state index is 0.315. The van der Waals surface area contributed by atoms with Crippen molar-refractivity contribution in [3.63, 3.8) is 0 Å². The Kier molecular flexibility index (Phi) is 2.71. The fourth-order valence-electron chi connectivity index (χ4n) is 2.02. The molecule has 0 radical (unpaired) electrons. The van der Waals surface area contributed by atoms with Crippen molar-refractivity contribution < 1.29 is 4.39 Å². The van der Waals surface area contributed by atoms with Gasteiger partial charge < -0.3 is 0 Å². The fraction of sp³-hybridized carbons (Fsp3) is 0. The van der Waals surface area contributed by atoms with Crippen LogP contribution in [0.4, 0.5) is 4.39 Å². The first-order chi connectivity index (χ1) is 10.3. The quantitative estimate of drug-likeness (QED) is 0.570. The third kappa shape index (κ3) is 2.07. The predicted octanol–water partition coefficient (Wildman–Crippen LogP) is 3.05. The summed E-state index contributed by atoms with van der Waals surface area (Å²) in [5.41, 5.74) is 1.42. The van der Waals surface area contributed by atoms with E-state index in [1.165, 1.54) is 23.5 Å². The van der Waals surface area contributed by atoms with Gasteiger partial charge >= 0.3 is 0 Å². The van der Waals surface area contributed by atoms with Gasteiger partial charge in [0, 0.05) is 11.8 Å². The van der Waals surface area contributed by atoms with E-state index in [1.807, 2.05) is 18.2 Å². The number of fused-ring (bicyclic) bond motifs is 1. The number of pyridine rings is 1. The van der Waals surface area contributed by atoms with Gasteiger partial charge in [-0.15, -0.1) is 10.2 Å². The molecule has 0 N–H and O–H groups in total. The molecule has 7 heteroatoms. The van der Waals surface area contributed by atoms with Crippen LogP contribution in [0.25, 0.3) is 27.1 Å². The summed E-state index contributed by atoms with van der Waals surface area (Å²) in [6.45, 7) is 0. The van der Waals surface area contributed by atoms with E-state index in [-0.39, 0.29) is 5.82 Å². The zero-order chi connectivity index (χ0) is 14.2. The molecular weight excluding hydrogens is 289 g/mol. The normalized spacial score (nSPS) is 11.1. The first kappa shape index (κ1) is 12.1. The molecule has 0 aliphatic carbocycles. The highest BCUT2D eigenvalue weighted by molar-refractivity contribution is 7.19. The van der Waals surface area contributed by atoms with E-state index < -0.39 is 0 Å². The van der Waals surface area contributed by atoms with E-state index in [0.29, 0.717) is 16.3 Å². The molecule has 102 valence electrons. The van der Waals surface area contributed by atoms with Crippen LogP contribution in [0, 0.1) is 5.82 Å². The molecule has 0 amide bonds. The maximum absolute atomic E-state index is 13.3. The molecule has 5 nitrogen and oxygen atoms in total. The van der Waals surface area contributed by atoms with Crippen molar-refractivity contribution in [1.82, 2.24) is 24.8 Å². The molecule has 4 rings (SSSR count). The maximum Gasteiger partial charge on any atom is 0.235 e. The van der Waals surface area contributed by atoms with E-state index in [4.69, 9.17) is 0 Å². The van der Waals surface area contributed by atoms with Gasteiger partial charge in [-0.2, -0.15) is 9.61 Å². The Labute approximate surface area is 122 Å². The predicted molar refractivity (Wildman–Crippen MR) is 77.3 cm³/mol. The molecule has 1 aromatic carbocycles. The lowest BCUT2D eigenvalue weighted by atomic mass is 10.2. The Morgan fingerprint density at radius 3 is 2.81 bits per heavy atom. The van der Waals surface area contributed by atoms with Gasteiger partial charge in [0.2, 0.25) is 4.96 Å². The van der Waals surface area contributed by atoms with Crippen LogP contribution in [-0.2, 0) is 0 Å². The van der Waals surface area contributed by atoms with Crippen LogP contribution < -0.4 is 0 Å². The molecule has 0 unspecified atom stereocenters. The Morgan fingerprint density at radius 2 is 2.00 bits per heavy atom. The van der Waals surface area contributed by atoms with E-state index in [0.717, 1.165) is 10.7 Å². The number of rotatable bonds is 2. The summed E-state index contributed by atoms with van der Waals surface area (Å²) in [6.07, 6.45) is 1.71. The van der Waals surface area contributed by atoms with Crippen LogP contribution in [0.5, 0.6) is 0 Å². The molecule has 0 bridgehead atoms. The average molecular weight is 297 g/mol. The van der Waals surface area contributed by atoms with Gasteiger partial charge in [-0.05, 0) is 24.3 Å². The summed E-state index contributed by atoms with van der Waals surface area (Å²) >= 11 is 1.39. The van der Waals surface area contributed by atoms with Crippen molar-refractivity contribution in [1.29, 1.82) is 0 Å². The monoisotopic (exact) mass is 297 g/mol. The molecule has 0 saturated carbocycles. The van der Waals surface area contributed by atoms with Crippen molar-refractivity contribution in [2.24, 2.45) is 0 Å². The Balaban J connectivity index is 1.87. The number of nitrogens with zero attached hydrogens (tertiary/aromatic N) is 5. The van der Waals surface area contributed by atoms with Crippen molar-refractivity contribution in [2.45, 2.75) is 0 Å². The maximum atomic E-state index is 13.3. The lowest BCUT2D eigenvalue weighted by Gasteiger charge is -1.97. The number of benzene rings is 1. The van der Waals surface area contributed by atoms with Crippen molar-refractivity contribution in [3.05, 3.63) is 54.5 Å². The summed E-state index contributed by atoms with van der Waals surface area (Å²) in [7, 11) is 0. The summed E-state index contributed by atoms with van der Waals surface area (Å²) in [4.78, 5) is 4.91. The van der Waals surface area contributed by atoms with Crippen LogP contribution in [0.1, 0.15) is 0 Å². The van der Waals surface area contributed by atoms with Crippen molar-refractivity contribution >= 4 is 16.3 Å². The Morgan fingerprint density at radius 1 is 1.05 bits per heavy atom. The Hall–Kier alpha value is -2.67. The van der Waals surface area contributed by atoms with Gasteiger partial charge in [0.15, 0.2) is 10.8 Å². The molecular formula is C14H8FN5S. The highest BCUT2D eigenvalue weighted by atomic mass is 32.1. The lowest BCUT2D eigenvalue weighted by Crippen LogP contribution is -1.92. The summed E-state index contributed by atoms with van der Waals surface area (Å²) in [5, 5.41) is 13.4. The van der Waals surface area contributed by atoms with Crippen molar-refractivity contribution in [3.8, 4) is 22.1 Å². The third-order valence-electron chi connectivity index (χ3n) is 2.96. The van der Waals surface area contributed by atoms with Crippen LogP contribution in [-0.4, -0.2) is 24.8 Å². The van der Waals surface area contributed by atoms with Gasteiger partial charge in [-0.1, -0.05) is 29.5 Å². The zero-order valence-electron chi connectivity index (χ0n) is 10.6. The molecule has 4 aromatic rings. The molecule has 0 saturated heterocycles. The minimum Gasteiger partial charge on any atom is -0.254 e. The second-order valence-corrected chi connectivity index (χ2v) is 5.31. The van der Waals surface area contributed by atoms with E-state index >= 15 is 0 Å². The standard InChI is InChI=1S/C14H8FN5S/c15-10-5-3-4-9(8-10)12-17-18-14-20(12)19-13(21-14)11-6-1-2-7-16-11/h1-8H. The lowest BCUT2D eigenvalue weighted by molar-refractivity contribution is 0.628. The summed E-state index contributed by atoms with van der Waals surface area (Å²) in [5.74, 6) is 0.201. The topological polar surface area (TPSA) is 56.0 Å². The van der Waals surface area contributed by atoms with E-state index in [1.54, 1.807) is 22.8 Å². The first-order valence-corrected chi connectivity index (χ1v) is 7.02. The second kappa shape index (κ2) is 4.71. The summed E-state index contributed by atoms with van der Waals surface area (Å²) < 4.78 is 15.0. The number of hydrogen-bond donors (Lipinski definition) is 0. The molecule has 0 spiro atoms. The molecule has 0 fully saturated rings. The molecule has 3 heterocycles. The first-order valence-electron chi connectivity index (χ1n) is 6.21. The highest BCUT2D eigenvalue weighted by Crippen LogP contribution is 2.26. The minimum atomic E-state index is -0.315. The average Bonchev–Trinajstić information content (AvgIpc) is 3.08. The second-order valence-electron chi connectivity index (χ2n) is 4.35. The fourth-order valence-corrected chi connectivity index (χ4v) is 2.83. The van der Waals surface area contributed by atoms with Crippen LogP contribution in [0.3, 0.4) is 0 Å². The highest BCUT2D eigenvalue weighted by Gasteiger charge is 2.15. The van der Waals surface area contributed by atoms with Crippen LogP contribution in [0.15, 0.2) is 48.7 Å². The smallest absolute Gasteiger partial charge is 0.235 e. The largest absolute Gasteiger partial charge is 0.254 e. The molecule has 0 atom stereocenters. The van der Waals surface area contributed by atoms with E-state index in [2.05, 4.69) is 20.3 Å². The van der Waals surface area contributed by atoms with Gasteiger partial charge in [0.05, 0.1) is 0 Å². The van der Waals surface area contributed by atoms with Crippen molar-refractivity contribution in [2.75, 3.05) is 0 Å². The van der Waals surface area contributed by atoms with Gasteiger partial charge in [0.1, 0.15) is 11.5 Å².